The maximum absolute atomic E-state index is 14.0. The van der Waals surface area contributed by atoms with Gasteiger partial charge in [0, 0.05) is 65.3 Å². The van der Waals surface area contributed by atoms with Crippen molar-refractivity contribution < 1.29 is 32.2 Å². The minimum atomic E-state index is -4.80. The van der Waals surface area contributed by atoms with E-state index >= 15 is 0 Å². The molecule has 238 valence electrons. The lowest BCUT2D eigenvalue weighted by Gasteiger charge is -2.36. The fourth-order valence-electron chi connectivity index (χ4n) is 5.89. The van der Waals surface area contributed by atoms with E-state index in [0.29, 0.717) is 37.3 Å². The summed E-state index contributed by atoms with van der Waals surface area (Å²) in [5.74, 6) is -0.656. The van der Waals surface area contributed by atoms with Gasteiger partial charge in [-0.05, 0) is 36.6 Å². The molecule has 0 unspecified atom stereocenters. The summed E-state index contributed by atoms with van der Waals surface area (Å²) in [6.45, 7) is 3.23. The van der Waals surface area contributed by atoms with E-state index in [9.17, 15) is 22.8 Å². The van der Waals surface area contributed by atoms with Crippen LogP contribution in [-0.2, 0) is 16.5 Å². The third-order valence-electron chi connectivity index (χ3n) is 8.70. The molecule has 0 bridgehead atoms. The Bertz CT molecular complexity index is 1640. The molecule has 2 aromatic carbocycles. The van der Waals surface area contributed by atoms with Crippen molar-refractivity contribution in [2.45, 2.75) is 24.6 Å². The highest BCUT2D eigenvalue weighted by atomic mass is 19.4. The molecule has 45 heavy (non-hydrogen) atoms. The van der Waals surface area contributed by atoms with Crippen molar-refractivity contribution >= 4 is 29.1 Å². The lowest BCUT2D eigenvalue weighted by Crippen LogP contribution is -2.49. The molecule has 1 aliphatic carbocycles. The van der Waals surface area contributed by atoms with Crippen LogP contribution in [0.2, 0.25) is 0 Å². The van der Waals surface area contributed by atoms with Gasteiger partial charge in [-0.1, -0.05) is 12.1 Å². The molecule has 3 heterocycles. The van der Waals surface area contributed by atoms with Crippen molar-refractivity contribution in [3.63, 3.8) is 0 Å². The standard InChI is InChI=1S/C31H34F3N7O4/c1-38(2)25(42)18-40-12-14-41(15-13-40)19-8-9-22(24(16-19)44-4)36-29-35-17-21(31(32,33)34)27(37-29)45-23-7-5-6-20-26(23)28(43)39(3)30(20)10-11-30/h5-9,16-17H,10-15,18H2,1-4H3,(H,35,36,37). The number of ether oxygens (including phenoxy) is 2. The zero-order valence-corrected chi connectivity index (χ0v) is 25.4. The van der Waals surface area contributed by atoms with E-state index in [4.69, 9.17) is 9.47 Å². The Morgan fingerprint density at radius 2 is 1.82 bits per heavy atom. The van der Waals surface area contributed by atoms with E-state index in [1.807, 2.05) is 18.2 Å². The fourth-order valence-corrected chi connectivity index (χ4v) is 5.89. The highest BCUT2D eigenvalue weighted by molar-refractivity contribution is 6.03. The molecule has 11 nitrogen and oxygen atoms in total. The molecule has 2 amide bonds. The number of carbonyl (C=O) groups is 2. The van der Waals surface area contributed by atoms with Gasteiger partial charge in [0.25, 0.3) is 5.91 Å². The number of aromatic nitrogens is 2. The van der Waals surface area contributed by atoms with E-state index in [-0.39, 0.29) is 29.1 Å². The molecular formula is C31H34F3N7O4. The largest absolute Gasteiger partial charge is 0.494 e. The summed E-state index contributed by atoms with van der Waals surface area (Å²) >= 11 is 0. The number of hydrogen-bond acceptors (Lipinski definition) is 9. The van der Waals surface area contributed by atoms with Gasteiger partial charge in [0.2, 0.25) is 17.7 Å². The Morgan fingerprint density at radius 3 is 2.47 bits per heavy atom. The van der Waals surface area contributed by atoms with Crippen LogP contribution in [0.5, 0.6) is 17.4 Å². The van der Waals surface area contributed by atoms with Crippen molar-refractivity contribution in [3.05, 3.63) is 59.3 Å². The number of piperazine rings is 1. The van der Waals surface area contributed by atoms with Crippen molar-refractivity contribution in [2.24, 2.45) is 0 Å². The summed E-state index contributed by atoms with van der Waals surface area (Å²) in [6.07, 6.45) is -2.57. The van der Waals surface area contributed by atoms with Crippen LogP contribution < -0.4 is 19.7 Å². The Morgan fingerprint density at radius 1 is 1.09 bits per heavy atom. The van der Waals surface area contributed by atoms with Gasteiger partial charge in [0.15, 0.2) is 0 Å². The summed E-state index contributed by atoms with van der Waals surface area (Å²) in [7, 11) is 6.67. The summed E-state index contributed by atoms with van der Waals surface area (Å²) in [4.78, 5) is 40.6. The third-order valence-corrected chi connectivity index (χ3v) is 8.70. The van der Waals surface area contributed by atoms with Gasteiger partial charge in [-0.2, -0.15) is 18.2 Å². The molecule has 1 saturated heterocycles. The first-order chi connectivity index (χ1) is 21.4. The molecule has 14 heteroatoms. The van der Waals surface area contributed by atoms with Crippen LogP contribution in [0.1, 0.15) is 34.3 Å². The monoisotopic (exact) mass is 625 g/mol. The molecule has 2 aliphatic heterocycles. The Labute approximate surface area is 258 Å². The van der Waals surface area contributed by atoms with E-state index in [2.05, 4.69) is 25.1 Å². The lowest BCUT2D eigenvalue weighted by atomic mass is 10.0. The molecule has 0 atom stereocenters. The predicted octanol–water partition coefficient (Wildman–Crippen LogP) is 4.32. The Balaban J connectivity index is 1.22. The number of amides is 2. The highest BCUT2D eigenvalue weighted by Crippen LogP contribution is 2.57. The molecule has 2 fully saturated rings. The number of benzene rings is 2. The van der Waals surface area contributed by atoms with Gasteiger partial charge < -0.3 is 29.5 Å². The SMILES string of the molecule is COc1cc(N2CCN(CC(=O)N(C)C)CC2)ccc1Nc1ncc(C(F)(F)F)c(Oc2cccc3c2C(=O)N(C)C32CC2)n1. The Kier molecular flexibility index (Phi) is 7.71. The molecule has 6 rings (SSSR count). The number of fused-ring (bicyclic) bond motifs is 2. The van der Waals surface area contributed by atoms with Crippen LogP contribution in [0.25, 0.3) is 0 Å². The second-order valence-corrected chi connectivity index (χ2v) is 11.6. The molecule has 3 aromatic rings. The van der Waals surface area contributed by atoms with Crippen molar-refractivity contribution in [1.29, 1.82) is 0 Å². The maximum atomic E-state index is 14.0. The summed E-state index contributed by atoms with van der Waals surface area (Å²) in [6, 6.07) is 10.4. The number of nitrogens with zero attached hydrogens (tertiary/aromatic N) is 6. The normalized spacial score (nSPS) is 17.4. The summed E-state index contributed by atoms with van der Waals surface area (Å²) in [5.41, 5.74) is 0.755. The number of carbonyl (C=O) groups excluding carboxylic acids is 2. The quantitative estimate of drug-likeness (QED) is 0.392. The number of hydrogen-bond donors (Lipinski definition) is 1. The van der Waals surface area contributed by atoms with Crippen LogP contribution >= 0.6 is 0 Å². The van der Waals surface area contributed by atoms with E-state index in [1.165, 1.54) is 13.2 Å². The molecule has 1 spiro atoms. The first-order valence-corrected chi connectivity index (χ1v) is 14.6. The highest BCUT2D eigenvalue weighted by Gasteiger charge is 2.57. The minimum absolute atomic E-state index is 0.0105. The van der Waals surface area contributed by atoms with Gasteiger partial charge >= 0.3 is 6.18 Å². The molecule has 3 aliphatic rings. The smallest absolute Gasteiger partial charge is 0.423 e. The van der Waals surface area contributed by atoms with E-state index in [0.717, 1.165) is 37.2 Å². The predicted molar refractivity (Wildman–Crippen MR) is 160 cm³/mol. The van der Waals surface area contributed by atoms with Crippen LogP contribution in [0.4, 0.5) is 30.5 Å². The zero-order chi connectivity index (χ0) is 32.1. The van der Waals surface area contributed by atoms with Gasteiger partial charge in [0.05, 0.1) is 30.4 Å². The average Bonchev–Trinajstić information content (AvgIpc) is 3.79. The van der Waals surface area contributed by atoms with E-state index in [1.54, 1.807) is 43.1 Å². The fraction of sp³-hybridized carbons (Fsp3) is 0.419. The second-order valence-electron chi connectivity index (χ2n) is 11.6. The van der Waals surface area contributed by atoms with E-state index < -0.39 is 23.2 Å². The first-order valence-electron chi connectivity index (χ1n) is 14.6. The average molecular weight is 626 g/mol. The van der Waals surface area contributed by atoms with Crippen LogP contribution in [0, 0.1) is 0 Å². The molecule has 1 N–H and O–H groups in total. The molecular weight excluding hydrogens is 591 g/mol. The summed E-state index contributed by atoms with van der Waals surface area (Å²) < 4.78 is 53.4. The number of nitrogens with one attached hydrogen (secondary N) is 1. The number of rotatable bonds is 8. The number of methoxy groups -OCH3 is 1. The van der Waals surface area contributed by atoms with Crippen LogP contribution in [0.3, 0.4) is 0 Å². The molecule has 1 saturated carbocycles. The molecule has 1 aromatic heterocycles. The van der Waals surface area contributed by atoms with Crippen molar-refractivity contribution in [3.8, 4) is 17.4 Å². The number of anilines is 3. The minimum Gasteiger partial charge on any atom is -0.494 e. The number of halogens is 3. The first kappa shape index (κ1) is 30.4. The van der Waals surface area contributed by atoms with Gasteiger partial charge in [-0.15, -0.1) is 0 Å². The summed E-state index contributed by atoms with van der Waals surface area (Å²) in [5, 5.41) is 2.95. The Hall–Kier alpha value is -4.59. The number of likely N-dealkylation sites (N-methyl/N-ethyl adjacent to an activating group) is 1. The maximum Gasteiger partial charge on any atom is 0.423 e. The lowest BCUT2D eigenvalue weighted by molar-refractivity contribution is -0.139. The van der Waals surface area contributed by atoms with Crippen molar-refractivity contribution in [1.82, 2.24) is 24.7 Å². The van der Waals surface area contributed by atoms with Crippen LogP contribution in [0.15, 0.2) is 42.6 Å². The van der Waals surface area contributed by atoms with Gasteiger partial charge in [-0.25, -0.2) is 4.98 Å². The number of alkyl halides is 3. The van der Waals surface area contributed by atoms with Gasteiger partial charge in [0.1, 0.15) is 17.1 Å². The van der Waals surface area contributed by atoms with Gasteiger partial charge in [-0.3, -0.25) is 14.5 Å². The second kappa shape index (κ2) is 11.4. The zero-order valence-electron chi connectivity index (χ0n) is 25.4. The molecule has 0 radical (unpaired) electrons. The van der Waals surface area contributed by atoms with Crippen LogP contribution in [-0.4, -0.2) is 97.5 Å². The topological polar surface area (TPSA) is 103 Å². The van der Waals surface area contributed by atoms with Crippen molar-refractivity contribution in [2.75, 3.05) is 71.2 Å². The third kappa shape index (κ3) is 5.70.